The fraction of sp³-hybridized carbons (Fsp3) is 0.353. The number of aliphatic hydroxyl groups excluding tert-OH is 1. The molecule has 112 valence electrons. The molecule has 0 saturated carbocycles. The maximum atomic E-state index is 10.4. The second-order valence-corrected chi connectivity index (χ2v) is 5.70. The number of pyridine rings is 1. The zero-order valence-electron chi connectivity index (χ0n) is 12.4. The summed E-state index contributed by atoms with van der Waals surface area (Å²) in [4.78, 5) is 6.24. The molecule has 3 nitrogen and oxygen atoms in total. The van der Waals surface area contributed by atoms with E-state index >= 15 is 0 Å². The average molecular weight is 305 g/mol. The summed E-state index contributed by atoms with van der Waals surface area (Å²) in [6.45, 7) is 2.89. The lowest BCUT2D eigenvalue weighted by molar-refractivity contribution is 0.0732. The summed E-state index contributed by atoms with van der Waals surface area (Å²) >= 11 is 5.78. The van der Waals surface area contributed by atoms with Gasteiger partial charge in [-0.25, -0.2) is 4.98 Å². The lowest BCUT2D eigenvalue weighted by atomic mass is 10.0. The minimum atomic E-state index is -0.487. The highest BCUT2D eigenvalue weighted by Gasteiger charge is 2.19. The molecule has 0 aliphatic rings. The molecule has 0 amide bonds. The van der Waals surface area contributed by atoms with Crippen LogP contribution in [0.25, 0.3) is 0 Å². The fourth-order valence-electron chi connectivity index (χ4n) is 2.23. The molecule has 0 bridgehead atoms. The molecule has 4 heteroatoms. The second kappa shape index (κ2) is 7.55. The highest BCUT2D eigenvalue weighted by Crippen LogP contribution is 2.20. The normalized spacial score (nSPS) is 14.1. The number of hydrogen-bond acceptors (Lipinski definition) is 3. The van der Waals surface area contributed by atoms with Crippen molar-refractivity contribution < 1.29 is 5.11 Å². The van der Waals surface area contributed by atoms with E-state index in [4.69, 9.17) is 11.6 Å². The Labute approximate surface area is 131 Å². The first-order valence-corrected chi connectivity index (χ1v) is 7.49. The van der Waals surface area contributed by atoms with Gasteiger partial charge in [0.15, 0.2) is 0 Å². The molecule has 1 aromatic heterocycles. The second-order valence-electron chi connectivity index (χ2n) is 5.32. The van der Waals surface area contributed by atoms with E-state index in [1.54, 1.807) is 12.3 Å². The van der Waals surface area contributed by atoms with Crippen LogP contribution in [0.3, 0.4) is 0 Å². The highest BCUT2D eigenvalue weighted by atomic mass is 35.5. The molecule has 0 unspecified atom stereocenters. The van der Waals surface area contributed by atoms with Crippen LogP contribution in [0, 0.1) is 0 Å². The van der Waals surface area contributed by atoms with Crippen molar-refractivity contribution in [3.8, 4) is 0 Å². The molecule has 2 aromatic rings. The largest absolute Gasteiger partial charge is 0.387 e. The number of benzene rings is 1. The fourth-order valence-corrected chi connectivity index (χ4v) is 2.34. The Bertz CT molecular complexity index is 544. The van der Waals surface area contributed by atoms with Gasteiger partial charge in [0.2, 0.25) is 0 Å². The zero-order chi connectivity index (χ0) is 15.2. The van der Waals surface area contributed by atoms with Gasteiger partial charge in [0.1, 0.15) is 5.15 Å². The van der Waals surface area contributed by atoms with Crippen LogP contribution in [0.2, 0.25) is 5.15 Å². The first kappa shape index (κ1) is 16.0. The lowest BCUT2D eigenvalue weighted by Crippen LogP contribution is -2.35. The highest BCUT2D eigenvalue weighted by molar-refractivity contribution is 6.29. The van der Waals surface area contributed by atoms with Crippen LogP contribution < -0.4 is 0 Å². The van der Waals surface area contributed by atoms with Gasteiger partial charge in [-0.3, -0.25) is 0 Å². The molecule has 0 radical (unpaired) electrons. The van der Waals surface area contributed by atoms with E-state index in [0.717, 1.165) is 24.1 Å². The van der Waals surface area contributed by atoms with Crippen molar-refractivity contribution >= 4 is 11.6 Å². The van der Waals surface area contributed by atoms with E-state index in [9.17, 15) is 5.11 Å². The predicted molar refractivity (Wildman–Crippen MR) is 86.4 cm³/mol. The molecule has 0 aliphatic heterocycles. The third-order valence-electron chi connectivity index (χ3n) is 3.84. The summed E-state index contributed by atoms with van der Waals surface area (Å²) in [5.41, 5.74) is 2.10. The van der Waals surface area contributed by atoms with E-state index in [1.807, 2.05) is 50.4 Å². The molecular formula is C17H21ClN2O. The summed E-state index contributed by atoms with van der Waals surface area (Å²) in [7, 11) is 2.03. The Morgan fingerprint density at radius 1 is 1.19 bits per heavy atom. The van der Waals surface area contributed by atoms with Gasteiger partial charge in [0, 0.05) is 18.8 Å². The van der Waals surface area contributed by atoms with Crippen molar-refractivity contribution in [2.24, 2.45) is 0 Å². The molecular weight excluding hydrogens is 284 g/mol. The number of aromatic nitrogens is 1. The van der Waals surface area contributed by atoms with Gasteiger partial charge >= 0.3 is 0 Å². The molecule has 21 heavy (non-hydrogen) atoms. The van der Waals surface area contributed by atoms with Gasteiger partial charge < -0.3 is 10.0 Å². The summed E-state index contributed by atoms with van der Waals surface area (Å²) < 4.78 is 0. The van der Waals surface area contributed by atoms with Crippen LogP contribution in [-0.4, -0.2) is 34.6 Å². The van der Waals surface area contributed by atoms with Crippen molar-refractivity contribution in [2.45, 2.75) is 25.5 Å². The van der Waals surface area contributed by atoms with E-state index in [1.165, 1.54) is 0 Å². The minimum absolute atomic E-state index is 0.0488. The van der Waals surface area contributed by atoms with Gasteiger partial charge in [-0.1, -0.05) is 48.0 Å². The maximum absolute atomic E-state index is 10.4. The summed E-state index contributed by atoms with van der Waals surface area (Å²) in [5, 5.41) is 10.9. The Hall–Kier alpha value is -1.42. The van der Waals surface area contributed by atoms with Crippen molar-refractivity contribution in [3.05, 3.63) is 64.9 Å². The van der Waals surface area contributed by atoms with E-state index < -0.39 is 6.10 Å². The minimum Gasteiger partial charge on any atom is -0.387 e. The third-order valence-corrected chi connectivity index (χ3v) is 4.06. The monoisotopic (exact) mass is 304 g/mol. The van der Waals surface area contributed by atoms with Gasteiger partial charge in [-0.05, 0) is 37.6 Å². The number of aliphatic hydroxyl groups is 1. The van der Waals surface area contributed by atoms with Gasteiger partial charge in [-0.15, -0.1) is 0 Å². The van der Waals surface area contributed by atoms with Crippen molar-refractivity contribution in [1.29, 1.82) is 0 Å². The number of nitrogens with zero attached hydrogens (tertiary/aromatic N) is 2. The molecule has 0 spiro atoms. The van der Waals surface area contributed by atoms with Crippen LogP contribution in [-0.2, 0) is 6.42 Å². The Kier molecular flexibility index (Phi) is 5.74. The molecule has 2 atom stereocenters. The number of likely N-dealkylation sites (N-methyl/N-ethyl adjacent to an activating group) is 1. The maximum Gasteiger partial charge on any atom is 0.129 e. The van der Waals surface area contributed by atoms with E-state index in [-0.39, 0.29) is 6.04 Å². The van der Waals surface area contributed by atoms with E-state index in [2.05, 4.69) is 9.88 Å². The SMILES string of the molecule is C[C@H]([C@@H](O)c1ccccc1)N(C)CCc1ccc(Cl)nc1. The van der Waals surface area contributed by atoms with Crippen LogP contribution >= 0.6 is 11.6 Å². The van der Waals surface area contributed by atoms with Gasteiger partial charge in [-0.2, -0.15) is 0 Å². The van der Waals surface area contributed by atoms with E-state index in [0.29, 0.717) is 5.15 Å². The Balaban J connectivity index is 1.90. The Morgan fingerprint density at radius 3 is 2.52 bits per heavy atom. The van der Waals surface area contributed by atoms with Crippen LogP contribution in [0.15, 0.2) is 48.7 Å². The molecule has 1 heterocycles. The predicted octanol–water partition coefficient (Wildman–Crippen LogP) is 3.33. The number of hydrogen-bond donors (Lipinski definition) is 1. The van der Waals surface area contributed by atoms with Crippen molar-refractivity contribution in [2.75, 3.05) is 13.6 Å². The van der Waals surface area contributed by atoms with Crippen LogP contribution in [0.1, 0.15) is 24.2 Å². The van der Waals surface area contributed by atoms with Gasteiger partial charge in [0.25, 0.3) is 0 Å². The topological polar surface area (TPSA) is 36.4 Å². The van der Waals surface area contributed by atoms with Crippen molar-refractivity contribution in [1.82, 2.24) is 9.88 Å². The molecule has 0 saturated heterocycles. The van der Waals surface area contributed by atoms with Crippen LogP contribution in [0.4, 0.5) is 0 Å². The first-order chi connectivity index (χ1) is 10.1. The number of halogens is 1. The molecule has 0 aliphatic carbocycles. The standard InChI is InChI=1S/C17H21ClN2O/c1-13(17(21)15-6-4-3-5-7-15)20(2)11-10-14-8-9-16(18)19-12-14/h3-9,12-13,17,21H,10-11H2,1-2H3/t13-,17-/m1/s1. The average Bonchev–Trinajstić information content (AvgIpc) is 2.53. The smallest absolute Gasteiger partial charge is 0.129 e. The molecule has 1 aromatic carbocycles. The zero-order valence-corrected chi connectivity index (χ0v) is 13.2. The Morgan fingerprint density at radius 2 is 1.90 bits per heavy atom. The summed E-state index contributed by atoms with van der Waals surface area (Å²) in [6.07, 6.45) is 2.19. The quantitative estimate of drug-likeness (QED) is 0.832. The van der Waals surface area contributed by atoms with Crippen LogP contribution in [0.5, 0.6) is 0 Å². The molecule has 2 rings (SSSR count). The molecule has 0 fully saturated rings. The number of rotatable bonds is 6. The summed E-state index contributed by atoms with van der Waals surface area (Å²) in [5.74, 6) is 0. The molecule has 1 N–H and O–H groups in total. The third kappa shape index (κ3) is 4.53. The lowest BCUT2D eigenvalue weighted by Gasteiger charge is -2.29. The first-order valence-electron chi connectivity index (χ1n) is 7.11. The van der Waals surface area contributed by atoms with Crippen molar-refractivity contribution in [3.63, 3.8) is 0 Å². The summed E-state index contributed by atoms with van der Waals surface area (Å²) in [6, 6.07) is 13.6. The van der Waals surface area contributed by atoms with Gasteiger partial charge in [0.05, 0.1) is 6.10 Å².